The smallest absolute Gasteiger partial charge is 0.264 e. The van der Waals surface area contributed by atoms with E-state index in [2.05, 4.69) is 42.9 Å². The Kier molecular flexibility index (Phi) is 5.93. The van der Waals surface area contributed by atoms with E-state index in [1.807, 2.05) is 38.1 Å². The van der Waals surface area contributed by atoms with Gasteiger partial charge in [-0.25, -0.2) is 9.38 Å². The van der Waals surface area contributed by atoms with Crippen LogP contribution in [0.1, 0.15) is 62.3 Å². The number of nitrogens with zero attached hydrogens (tertiary/aromatic N) is 2. The summed E-state index contributed by atoms with van der Waals surface area (Å²) in [6.45, 7) is 13.6. The zero-order valence-electron chi connectivity index (χ0n) is 19.5. The van der Waals surface area contributed by atoms with Gasteiger partial charge in [0.1, 0.15) is 5.82 Å². The number of amides is 1. The fourth-order valence-electron chi connectivity index (χ4n) is 4.82. The van der Waals surface area contributed by atoms with Gasteiger partial charge in [-0.15, -0.1) is 0 Å². The second-order valence-electron chi connectivity index (χ2n) is 9.30. The molecule has 0 aliphatic carbocycles. The van der Waals surface area contributed by atoms with Crippen molar-refractivity contribution in [3.8, 4) is 0 Å². The van der Waals surface area contributed by atoms with Gasteiger partial charge in [0.05, 0.1) is 10.6 Å². The molecule has 2 aliphatic heterocycles. The summed E-state index contributed by atoms with van der Waals surface area (Å²) in [4.78, 5) is 19.9. The predicted molar refractivity (Wildman–Crippen MR) is 133 cm³/mol. The van der Waals surface area contributed by atoms with Gasteiger partial charge in [0.2, 0.25) is 0 Å². The van der Waals surface area contributed by atoms with Crippen LogP contribution in [0.4, 0.5) is 15.8 Å². The molecule has 0 radical (unpaired) electrons. The first-order chi connectivity index (χ1) is 15.1. The summed E-state index contributed by atoms with van der Waals surface area (Å²) in [5.74, 6) is -0.250. The van der Waals surface area contributed by atoms with Crippen LogP contribution in [0.5, 0.6) is 0 Å². The molecule has 1 N–H and O–H groups in total. The highest BCUT2D eigenvalue weighted by molar-refractivity contribution is 8.18. The fourth-order valence-corrected chi connectivity index (χ4v) is 5.64. The molecule has 0 aromatic heterocycles. The Morgan fingerprint density at radius 3 is 2.78 bits per heavy atom. The third-order valence-corrected chi connectivity index (χ3v) is 7.47. The number of hydrogen-bond acceptors (Lipinski definition) is 4. The number of anilines is 1. The summed E-state index contributed by atoms with van der Waals surface area (Å²) in [5, 5.41) is 3.33. The maximum Gasteiger partial charge on any atom is 0.264 e. The van der Waals surface area contributed by atoms with Crippen molar-refractivity contribution in [1.82, 2.24) is 5.32 Å². The van der Waals surface area contributed by atoms with E-state index in [1.165, 1.54) is 11.8 Å². The van der Waals surface area contributed by atoms with E-state index in [1.54, 1.807) is 12.1 Å². The number of hydrogen-bond donors (Lipinski definition) is 1. The zero-order valence-corrected chi connectivity index (χ0v) is 20.4. The molecule has 0 saturated carbocycles. The first-order valence-corrected chi connectivity index (χ1v) is 11.9. The Balaban J connectivity index is 1.68. The molecule has 4 rings (SSSR count). The van der Waals surface area contributed by atoms with Gasteiger partial charge in [-0.05, 0) is 99.7 Å². The van der Waals surface area contributed by atoms with Gasteiger partial charge < -0.3 is 10.2 Å². The molecule has 2 aromatic carbocycles. The van der Waals surface area contributed by atoms with Crippen molar-refractivity contribution in [1.29, 1.82) is 0 Å². The van der Waals surface area contributed by atoms with Crippen LogP contribution in [0.25, 0.3) is 6.08 Å². The lowest BCUT2D eigenvalue weighted by atomic mass is 9.79. The largest absolute Gasteiger partial charge is 0.366 e. The second-order valence-corrected chi connectivity index (χ2v) is 10.3. The van der Waals surface area contributed by atoms with Crippen LogP contribution in [0.3, 0.4) is 0 Å². The maximum atomic E-state index is 15.1. The molecule has 1 atom stereocenters. The molecule has 2 heterocycles. The van der Waals surface area contributed by atoms with E-state index < -0.39 is 0 Å². The first kappa shape index (κ1) is 22.6. The molecule has 0 bridgehead atoms. The molecular weight excluding hydrogens is 421 g/mol. The Bertz CT molecular complexity index is 1150. The summed E-state index contributed by atoms with van der Waals surface area (Å²) in [5.41, 5.74) is 5.55. The standard InChI is InChI=1S/C26H30FN3OS/c1-7-30-22-13-20(27)18(11-19(22)16(3)14-26(30,5)6)12-23-24(31)29-25(32-23)28-21-10-8-9-15(2)17(21)4/h8-13,16H,7,14H2,1-6H3,(H,28,29,31)/b23-12+. The van der Waals surface area contributed by atoms with Crippen molar-refractivity contribution in [2.24, 2.45) is 4.99 Å². The molecular formula is C26H30FN3OS. The highest BCUT2D eigenvalue weighted by Crippen LogP contribution is 2.44. The number of fused-ring (bicyclic) bond motifs is 1. The topological polar surface area (TPSA) is 44.7 Å². The Hall–Kier alpha value is -2.60. The SMILES string of the molecule is CCN1c2cc(F)c(/C=C3/SC(=Nc4cccc(C)c4C)NC3=O)cc2C(C)CC1(C)C. The zero-order chi connectivity index (χ0) is 23.2. The Labute approximate surface area is 194 Å². The monoisotopic (exact) mass is 451 g/mol. The van der Waals surface area contributed by atoms with Crippen molar-refractivity contribution in [3.05, 3.63) is 63.3 Å². The predicted octanol–water partition coefficient (Wildman–Crippen LogP) is 6.45. The van der Waals surface area contributed by atoms with E-state index in [9.17, 15) is 4.79 Å². The van der Waals surface area contributed by atoms with Crippen LogP contribution in [0.2, 0.25) is 0 Å². The van der Waals surface area contributed by atoms with E-state index in [-0.39, 0.29) is 17.3 Å². The van der Waals surface area contributed by atoms with Crippen molar-refractivity contribution in [3.63, 3.8) is 0 Å². The average molecular weight is 452 g/mol. The van der Waals surface area contributed by atoms with Crippen LogP contribution in [-0.2, 0) is 4.79 Å². The minimum atomic E-state index is -0.312. The fraction of sp³-hybridized carbons (Fsp3) is 0.385. The third kappa shape index (κ3) is 4.08. The van der Waals surface area contributed by atoms with Gasteiger partial charge in [-0.1, -0.05) is 19.1 Å². The van der Waals surface area contributed by atoms with E-state index in [0.29, 0.717) is 21.6 Å². The van der Waals surface area contributed by atoms with Gasteiger partial charge in [0.15, 0.2) is 5.17 Å². The van der Waals surface area contributed by atoms with Gasteiger partial charge in [-0.3, -0.25) is 4.79 Å². The average Bonchev–Trinajstić information content (AvgIpc) is 3.05. The lowest BCUT2D eigenvalue weighted by Crippen LogP contribution is -2.48. The number of halogens is 1. The van der Waals surface area contributed by atoms with Gasteiger partial charge in [0, 0.05) is 23.3 Å². The molecule has 1 unspecified atom stereocenters. The van der Waals surface area contributed by atoms with Crippen LogP contribution in [0, 0.1) is 19.7 Å². The van der Waals surface area contributed by atoms with E-state index in [0.717, 1.165) is 41.0 Å². The number of thioether (sulfide) groups is 1. The minimum absolute atomic E-state index is 0.0198. The highest BCUT2D eigenvalue weighted by atomic mass is 32.2. The molecule has 0 spiro atoms. The minimum Gasteiger partial charge on any atom is -0.366 e. The summed E-state index contributed by atoms with van der Waals surface area (Å²) < 4.78 is 15.1. The van der Waals surface area contributed by atoms with Crippen LogP contribution in [-0.4, -0.2) is 23.2 Å². The summed E-state index contributed by atoms with van der Waals surface area (Å²) in [6.07, 6.45) is 2.64. The molecule has 6 heteroatoms. The maximum absolute atomic E-state index is 15.1. The molecule has 1 fully saturated rings. The van der Waals surface area contributed by atoms with Crippen LogP contribution >= 0.6 is 11.8 Å². The number of carbonyl (C=O) groups is 1. The quantitative estimate of drug-likeness (QED) is 0.546. The number of amidine groups is 1. The Morgan fingerprint density at radius 1 is 1.31 bits per heavy atom. The van der Waals surface area contributed by atoms with Crippen molar-refractivity contribution >= 4 is 40.3 Å². The molecule has 2 aliphatic rings. The third-order valence-electron chi connectivity index (χ3n) is 6.56. The first-order valence-electron chi connectivity index (χ1n) is 11.1. The molecule has 1 amide bonds. The van der Waals surface area contributed by atoms with Gasteiger partial charge in [0.25, 0.3) is 5.91 Å². The normalized spacial score (nSPS) is 22.4. The summed E-state index contributed by atoms with van der Waals surface area (Å²) in [6, 6.07) is 9.45. The molecule has 4 nitrogen and oxygen atoms in total. The Morgan fingerprint density at radius 2 is 2.06 bits per heavy atom. The number of aliphatic imine (C=N–C) groups is 1. The summed E-state index contributed by atoms with van der Waals surface area (Å²) >= 11 is 1.25. The van der Waals surface area contributed by atoms with E-state index >= 15 is 4.39 Å². The molecule has 168 valence electrons. The lowest BCUT2D eigenvalue weighted by Gasteiger charge is -2.47. The molecule has 32 heavy (non-hydrogen) atoms. The number of rotatable bonds is 3. The van der Waals surface area contributed by atoms with Crippen molar-refractivity contribution in [2.75, 3.05) is 11.4 Å². The second kappa shape index (κ2) is 8.39. The van der Waals surface area contributed by atoms with Crippen LogP contribution < -0.4 is 10.2 Å². The number of carbonyl (C=O) groups excluding carboxylic acids is 1. The molecule has 2 aromatic rings. The van der Waals surface area contributed by atoms with Crippen molar-refractivity contribution < 1.29 is 9.18 Å². The molecule has 1 saturated heterocycles. The van der Waals surface area contributed by atoms with Gasteiger partial charge >= 0.3 is 0 Å². The van der Waals surface area contributed by atoms with E-state index in [4.69, 9.17) is 0 Å². The number of aryl methyl sites for hydroxylation is 1. The number of benzene rings is 2. The van der Waals surface area contributed by atoms with Crippen molar-refractivity contribution in [2.45, 2.75) is 59.4 Å². The van der Waals surface area contributed by atoms with Crippen LogP contribution in [0.15, 0.2) is 40.2 Å². The lowest BCUT2D eigenvalue weighted by molar-refractivity contribution is -0.115. The number of nitrogens with one attached hydrogen (secondary N) is 1. The summed E-state index contributed by atoms with van der Waals surface area (Å²) in [7, 11) is 0. The highest BCUT2D eigenvalue weighted by Gasteiger charge is 2.36. The van der Waals surface area contributed by atoms with Gasteiger partial charge in [-0.2, -0.15) is 0 Å².